The molecule has 0 spiro atoms. The van der Waals surface area contributed by atoms with Crippen LogP contribution < -0.4 is 0 Å². The number of aliphatic hydroxyl groups excluding tert-OH is 1. The van der Waals surface area contributed by atoms with Gasteiger partial charge in [0.05, 0.1) is 0 Å². The lowest BCUT2D eigenvalue weighted by Crippen LogP contribution is -2.19. The Balaban J connectivity index is 0.00000147. The highest BCUT2D eigenvalue weighted by Crippen LogP contribution is 2.39. The predicted octanol–water partition coefficient (Wildman–Crippen LogP) is 3.89. The summed E-state index contributed by atoms with van der Waals surface area (Å²) in [7, 11) is 2.17. The Bertz CT molecular complexity index is 611. The van der Waals surface area contributed by atoms with Gasteiger partial charge in [0.1, 0.15) is 0 Å². The number of benzene rings is 1. The van der Waals surface area contributed by atoms with Crippen molar-refractivity contribution < 1.29 is 5.11 Å². The van der Waals surface area contributed by atoms with Gasteiger partial charge in [0.2, 0.25) is 0 Å². The molecule has 2 aromatic rings. The zero-order chi connectivity index (χ0) is 13.4. The first kappa shape index (κ1) is 16.1. The predicted molar refractivity (Wildman–Crippen MR) is 89.5 cm³/mol. The highest BCUT2D eigenvalue weighted by Gasteiger charge is 2.21. The van der Waals surface area contributed by atoms with Crippen LogP contribution in [0.3, 0.4) is 0 Å². The molecule has 0 unspecified atom stereocenters. The molecule has 1 aliphatic heterocycles. The van der Waals surface area contributed by atoms with E-state index >= 15 is 0 Å². The summed E-state index contributed by atoms with van der Waals surface area (Å²) in [5.41, 5.74) is 2.75. The fraction of sp³-hybridized carbons (Fsp3) is 0.467. The van der Waals surface area contributed by atoms with Gasteiger partial charge in [-0.3, -0.25) is 0 Å². The van der Waals surface area contributed by atoms with Crippen molar-refractivity contribution in [3.05, 3.63) is 33.2 Å². The number of halogens is 2. The first-order valence-corrected chi connectivity index (χ1v) is 7.91. The second-order valence-electron chi connectivity index (χ2n) is 5.22. The first-order chi connectivity index (χ1) is 9.20. The lowest BCUT2D eigenvalue weighted by atomic mass is 10.0. The Hall–Kier alpha value is -0.320. The Kier molecular flexibility index (Phi) is 5.32. The van der Waals surface area contributed by atoms with Crippen LogP contribution in [0.15, 0.2) is 12.1 Å². The van der Waals surface area contributed by atoms with E-state index in [-0.39, 0.29) is 19.0 Å². The van der Waals surface area contributed by atoms with Crippen LogP contribution in [0, 0.1) is 0 Å². The monoisotopic (exact) mass is 331 g/mol. The maximum absolute atomic E-state index is 9.06. The molecule has 110 valence electrons. The molecule has 0 aliphatic carbocycles. The first-order valence-electron chi connectivity index (χ1n) is 6.71. The number of nitrogens with zero attached hydrogens (tertiary/aromatic N) is 1. The minimum absolute atomic E-state index is 0. The van der Waals surface area contributed by atoms with Crippen LogP contribution in [0.5, 0.6) is 0 Å². The fourth-order valence-corrected chi connectivity index (χ4v) is 4.39. The normalized spacial score (nSPS) is 15.2. The van der Waals surface area contributed by atoms with Crippen molar-refractivity contribution in [2.75, 3.05) is 20.2 Å². The van der Waals surface area contributed by atoms with Crippen molar-refractivity contribution in [1.29, 1.82) is 0 Å². The van der Waals surface area contributed by atoms with Crippen LogP contribution in [0.25, 0.3) is 10.1 Å². The molecular weight excluding hydrogens is 313 g/mol. The van der Waals surface area contributed by atoms with Crippen LogP contribution in [0.4, 0.5) is 0 Å². The fourth-order valence-electron chi connectivity index (χ4n) is 2.86. The molecule has 0 fully saturated rings. The van der Waals surface area contributed by atoms with Crippen molar-refractivity contribution in [3.8, 4) is 0 Å². The van der Waals surface area contributed by atoms with Crippen LogP contribution in [0.1, 0.15) is 22.4 Å². The van der Waals surface area contributed by atoms with Crippen molar-refractivity contribution in [2.24, 2.45) is 0 Å². The third kappa shape index (κ3) is 2.83. The average Bonchev–Trinajstić information content (AvgIpc) is 2.62. The van der Waals surface area contributed by atoms with Gasteiger partial charge in [-0.2, -0.15) is 0 Å². The Morgan fingerprint density at radius 2 is 2.15 bits per heavy atom. The number of aliphatic hydroxyl groups is 1. The molecule has 5 heteroatoms. The standard InChI is InChI=1S/C15H18ClNOS.ClH/c1-17-7-6-10-12(16)4-5-14-15(10)11(9-17)13(19-14)3-2-8-18;/h4-5,18H,2-3,6-9H2,1H3;1H. The highest BCUT2D eigenvalue weighted by atomic mass is 35.5. The molecule has 1 N–H and O–H groups in total. The molecule has 2 heterocycles. The van der Waals surface area contributed by atoms with E-state index in [0.717, 1.165) is 37.4 Å². The lowest BCUT2D eigenvalue weighted by molar-refractivity contribution is 0.288. The molecule has 1 aromatic carbocycles. The summed E-state index contributed by atoms with van der Waals surface area (Å²) < 4.78 is 1.35. The summed E-state index contributed by atoms with van der Waals surface area (Å²) in [6, 6.07) is 4.17. The van der Waals surface area contributed by atoms with E-state index < -0.39 is 0 Å². The number of thiophene rings is 1. The molecule has 3 rings (SSSR count). The SMILES string of the molecule is CN1CCc2c(Cl)ccc3sc(CCCO)c(c23)C1.Cl. The lowest BCUT2D eigenvalue weighted by Gasteiger charge is -2.13. The van der Waals surface area contributed by atoms with Crippen molar-refractivity contribution >= 4 is 45.4 Å². The second kappa shape index (κ2) is 6.63. The molecule has 20 heavy (non-hydrogen) atoms. The van der Waals surface area contributed by atoms with E-state index in [1.54, 1.807) is 0 Å². The Morgan fingerprint density at radius 1 is 1.35 bits per heavy atom. The van der Waals surface area contributed by atoms with Gasteiger partial charge in [-0.25, -0.2) is 0 Å². The summed E-state index contributed by atoms with van der Waals surface area (Å²) in [5, 5.41) is 11.3. The van der Waals surface area contributed by atoms with Crippen molar-refractivity contribution in [3.63, 3.8) is 0 Å². The third-order valence-corrected chi connectivity index (χ3v) is 5.43. The van der Waals surface area contributed by atoms with Gasteiger partial charge >= 0.3 is 0 Å². The second-order valence-corrected chi connectivity index (χ2v) is 6.76. The molecule has 1 aromatic heterocycles. The topological polar surface area (TPSA) is 23.5 Å². The van der Waals surface area contributed by atoms with Crippen LogP contribution in [-0.4, -0.2) is 30.2 Å². The Labute approximate surface area is 134 Å². The zero-order valence-electron chi connectivity index (χ0n) is 11.5. The number of rotatable bonds is 3. The number of aryl methyl sites for hydroxylation is 1. The molecule has 0 bridgehead atoms. The summed E-state index contributed by atoms with van der Waals surface area (Å²) in [6.07, 6.45) is 2.83. The third-order valence-electron chi connectivity index (χ3n) is 3.82. The highest BCUT2D eigenvalue weighted by molar-refractivity contribution is 7.19. The van der Waals surface area contributed by atoms with Gasteiger partial charge in [0.15, 0.2) is 0 Å². The molecule has 2 nitrogen and oxygen atoms in total. The number of hydrogen-bond donors (Lipinski definition) is 1. The van der Waals surface area contributed by atoms with E-state index in [0.29, 0.717) is 0 Å². The summed E-state index contributed by atoms with van der Waals surface area (Å²) in [6.45, 7) is 2.31. The molecular formula is C15H19Cl2NOS. The van der Waals surface area contributed by atoms with Gasteiger partial charge in [0.25, 0.3) is 0 Å². The van der Waals surface area contributed by atoms with E-state index in [2.05, 4.69) is 18.0 Å². The summed E-state index contributed by atoms with van der Waals surface area (Å²) >= 11 is 8.26. The zero-order valence-corrected chi connectivity index (χ0v) is 13.9. The van der Waals surface area contributed by atoms with E-state index in [4.69, 9.17) is 16.7 Å². The van der Waals surface area contributed by atoms with Gasteiger partial charge in [-0.15, -0.1) is 23.7 Å². The number of likely N-dealkylation sites (N-methyl/N-ethyl adjacent to an activating group) is 1. The molecule has 0 amide bonds. The maximum Gasteiger partial charge on any atom is 0.0445 e. The van der Waals surface area contributed by atoms with Gasteiger partial charge in [-0.1, -0.05) is 11.6 Å². The molecule has 1 aliphatic rings. The molecule has 0 atom stereocenters. The molecule has 0 radical (unpaired) electrons. The molecule has 0 saturated carbocycles. The Morgan fingerprint density at radius 3 is 2.90 bits per heavy atom. The van der Waals surface area contributed by atoms with Gasteiger partial charge in [-0.05, 0) is 49.6 Å². The van der Waals surface area contributed by atoms with Crippen molar-refractivity contribution in [1.82, 2.24) is 4.90 Å². The van der Waals surface area contributed by atoms with E-state index in [9.17, 15) is 0 Å². The summed E-state index contributed by atoms with van der Waals surface area (Å²) in [4.78, 5) is 3.78. The van der Waals surface area contributed by atoms with Gasteiger partial charge < -0.3 is 10.0 Å². The van der Waals surface area contributed by atoms with Crippen LogP contribution in [-0.2, 0) is 19.4 Å². The average molecular weight is 332 g/mol. The largest absolute Gasteiger partial charge is 0.396 e. The van der Waals surface area contributed by atoms with Crippen LogP contribution in [0.2, 0.25) is 5.02 Å². The maximum atomic E-state index is 9.06. The smallest absolute Gasteiger partial charge is 0.0445 e. The minimum Gasteiger partial charge on any atom is -0.396 e. The number of hydrogen-bond acceptors (Lipinski definition) is 3. The van der Waals surface area contributed by atoms with Gasteiger partial charge in [0, 0.05) is 39.7 Å². The van der Waals surface area contributed by atoms with E-state index in [1.165, 1.54) is 26.1 Å². The molecule has 0 saturated heterocycles. The minimum atomic E-state index is 0. The quantitative estimate of drug-likeness (QED) is 0.922. The summed E-state index contributed by atoms with van der Waals surface area (Å²) in [5.74, 6) is 0. The van der Waals surface area contributed by atoms with Crippen molar-refractivity contribution in [2.45, 2.75) is 25.8 Å². The van der Waals surface area contributed by atoms with Crippen LogP contribution >= 0.6 is 35.3 Å². The van der Waals surface area contributed by atoms with E-state index in [1.807, 2.05) is 17.4 Å².